The van der Waals surface area contributed by atoms with Crippen LogP contribution in [0, 0.1) is 5.92 Å². The molecule has 8 heterocycles. The predicted molar refractivity (Wildman–Crippen MR) is 152 cm³/mol. The molecular formula is C33H48O9. The topological polar surface area (TPSA) is 90.9 Å². The van der Waals surface area contributed by atoms with Crippen molar-refractivity contribution in [3.05, 3.63) is 24.3 Å². The third-order valence-corrected chi connectivity index (χ3v) is 10.9. The van der Waals surface area contributed by atoms with E-state index in [1.165, 1.54) is 18.3 Å². The van der Waals surface area contributed by atoms with Crippen molar-refractivity contribution < 1.29 is 42.7 Å². The van der Waals surface area contributed by atoms with E-state index in [2.05, 4.69) is 27.0 Å². The molecule has 9 heteroatoms. The SMILES string of the molecule is C=C1C[C@H](CC[C@@]23C[C@H]4O[C@H]5[C@@H](O2)[C@H]2O[C@@H](CC(=O)OC)CC[C@@H]2O[C@H]5[C@H]4O3)O[C@H]1CC[C@H]1C[C@@H](C)C(=C)[C@@H](CC)O1. The van der Waals surface area contributed by atoms with E-state index in [1.54, 1.807) is 0 Å². The predicted octanol–water partition coefficient (Wildman–Crippen LogP) is 4.55. The zero-order chi connectivity index (χ0) is 29.2. The van der Waals surface area contributed by atoms with Crippen molar-refractivity contribution >= 4 is 5.97 Å². The fraction of sp³-hybridized carbons (Fsp3) is 0.848. The molecule has 42 heavy (non-hydrogen) atoms. The first-order chi connectivity index (χ1) is 20.3. The van der Waals surface area contributed by atoms with E-state index in [0.29, 0.717) is 12.3 Å². The first kappa shape index (κ1) is 29.4. The van der Waals surface area contributed by atoms with Gasteiger partial charge in [-0.3, -0.25) is 4.79 Å². The summed E-state index contributed by atoms with van der Waals surface area (Å²) >= 11 is 0. The summed E-state index contributed by atoms with van der Waals surface area (Å²) in [6.45, 7) is 13.1. The molecule has 0 saturated carbocycles. The van der Waals surface area contributed by atoms with Gasteiger partial charge in [-0.1, -0.05) is 27.0 Å². The average molecular weight is 589 g/mol. The van der Waals surface area contributed by atoms with E-state index in [4.69, 9.17) is 37.9 Å². The van der Waals surface area contributed by atoms with Crippen LogP contribution >= 0.6 is 0 Å². The van der Waals surface area contributed by atoms with Crippen LogP contribution < -0.4 is 0 Å². The summed E-state index contributed by atoms with van der Waals surface area (Å²) in [5, 5.41) is 0. The van der Waals surface area contributed by atoms with Crippen molar-refractivity contribution in [1.82, 2.24) is 0 Å². The maximum absolute atomic E-state index is 11.9. The number of ether oxygens (including phenoxy) is 8. The summed E-state index contributed by atoms with van der Waals surface area (Å²) in [5.41, 5.74) is 2.41. The fourth-order valence-electron chi connectivity index (χ4n) is 8.64. The van der Waals surface area contributed by atoms with Gasteiger partial charge in [0.05, 0.1) is 56.3 Å². The van der Waals surface area contributed by atoms with E-state index in [0.717, 1.165) is 57.8 Å². The highest BCUT2D eigenvalue weighted by Crippen LogP contribution is 2.54. The van der Waals surface area contributed by atoms with Crippen molar-refractivity contribution in [3.8, 4) is 0 Å². The van der Waals surface area contributed by atoms with Crippen LogP contribution in [-0.4, -0.2) is 92.1 Å². The van der Waals surface area contributed by atoms with Crippen molar-refractivity contribution in [2.75, 3.05) is 7.11 Å². The number of methoxy groups -OCH3 is 1. The van der Waals surface area contributed by atoms with Gasteiger partial charge in [0.25, 0.3) is 0 Å². The van der Waals surface area contributed by atoms with Crippen LogP contribution in [0.25, 0.3) is 0 Å². The minimum absolute atomic E-state index is 0.0378. The summed E-state index contributed by atoms with van der Waals surface area (Å²) in [6.07, 6.45) is 7.98. The zero-order valence-electron chi connectivity index (χ0n) is 25.4. The van der Waals surface area contributed by atoms with Gasteiger partial charge in [-0.25, -0.2) is 0 Å². The second-order valence-corrected chi connectivity index (χ2v) is 13.7. The summed E-state index contributed by atoms with van der Waals surface area (Å²) in [6, 6.07) is 0. The Balaban J connectivity index is 0.959. The van der Waals surface area contributed by atoms with Gasteiger partial charge >= 0.3 is 5.97 Å². The van der Waals surface area contributed by atoms with Gasteiger partial charge in [0.1, 0.15) is 30.5 Å². The molecule has 0 aliphatic carbocycles. The van der Waals surface area contributed by atoms with Crippen LogP contribution in [0.3, 0.4) is 0 Å². The normalized spacial score (nSPS) is 49.3. The highest BCUT2D eigenvalue weighted by molar-refractivity contribution is 5.69. The van der Waals surface area contributed by atoms with Crippen LogP contribution in [-0.2, 0) is 42.7 Å². The smallest absolute Gasteiger partial charge is 0.308 e. The fourth-order valence-corrected chi connectivity index (χ4v) is 8.64. The van der Waals surface area contributed by atoms with Crippen molar-refractivity contribution in [1.29, 1.82) is 0 Å². The third-order valence-electron chi connectivity index (χ3n) is 10.9. The Morgan fingerprint density at radius 1 is 0.857 bits per heavy atom. The van der Waals surface area contributed by atoms with Crippen LogP contribution in [0.15, 0.2) is 24.3 Å². The number of esters is 1. The van der Waals surface area contributed by atoms with Gasteiger partial charge < -0.3 is 37.9 Å². The lowest BCUT2D eigenvalue weighted by Crippen LogP contribution is -2.61. The van der Waals surface area contributed by atoms with Gasteiger partial charge in [0.2, 0.25) is 0 Å². The van der Waals surface area contributed by atoms with Crippen LogP contribution in [0.1, 0.15) is 84.5 Å². The first-order valence-electron chi connectivity index (χ1n) is 16.3. The van der Waals surface area contributed by atoms with Crippen LogP contribution in [0.5, 0.6) is 0 Å². The molecule has 0 aromatic rings. The van der Waals surface area contributed by atoms with Gasteiger partial charge in [-0.15, -0.1) is 0 Å². The molecule has 234 valence electrons. The van der Waals surface area contributed by atoms with Gasteiger partial charge in [-0.05, 0) is 68.4 Å². The Labute approximate surface area is 249 Å². The molecule has 8 aliphatic heterocycles. The molecule has 0 radical (unpaired) electrons. The quantitative estimate of drug-likeness (QED) is 0.284. The number of hydrogen-bond donors (Lipinski definition) is 0. The van der Waals surface area contributed by atoms with Gasteiger partial charge in [0, 0.05) is 12.8 Å². The van der Waals surface area contributed by atoms with E-state index < -0.39 is 5.79 Å². The molecule has 0 unspecified atom stereocenters. The van der Waals surface area contributed by atoms with Crippen LogP contribution in [0.4, 0.5) is 0 Å². The summed E-state index contributed by atoms with van der Waals surface area (Å²) < 4.78 is 50.8. The highest BCUT2D eigenvalue weighted by atomic mass is 16.8. The Hall–Kier alpha value is -1.33. The molecule has 0 N–H and O–H groups in total. The van der Waals surface area contributed by atoms with E-state index in [9.17, 15) is 4.79 Å². The number of rotatable bonds is 9. The lowest BCUT2D eigenvalue weighted by Gasteiger charge is -2.47. The first-order valence-corrected chi connectivity index (χ1v) is 16.3. The molecule has 8 fully saturated rings. The molecule has 0 spiro atoms. The molecule has 0 amide bonds. The third kappa shape index (κ3) is 5.31. The van der Waals surface area contributed by atoms with Crippen molar-refractivity contribution in [3.63, 3.8) is 0 Å². The minimum Gasteiger partial charge on any atom is -0.469 e. The molecular weight excluding hydrogens is 540 g/mol. The Morgan fingerprint density at radius 3 is 2.43 bits per heavy atom. The van der Waals surface area contributed by atoms with Crippen molar-refractivity contribution in [2.24, 2.45) is 5.92 Å². The molecule has 9 nitrogen and oxygen atoms in total. The number of carbonyl (C=O) groups excluding carboxylic acids is 1. The molecule has 0 aromatic carbocycles. The summed E-state index contributed by atoms with van der Waals surface area (Å²) in [4.78, 5) is 11.9. The Kier molecular flexibility index (Phi) is 8.08. The summed E-state index contributed by atoms with van der Waals surface area (Å²) in [5.74, 6) is -0.508. The lowest BCUT2D eigenvalue weighted by molar-refractivity contribution is -0.293. The number of fused-ring (bicyclic) bond motifs is 1. The second kappa shape index (κ2) is 11.5. The van der Waals surface area contributed by atoms with Crippen molar-refractivity contribution in [2.45, 2.75) is 164 Å². The molecule has 14 atom stereocenters. The van der Waals surface area contributed by atoms with E-state index >= 15 is 0 Å². The molecule has 0 aromatic heterocycles. The standard InChI is InChI=1S/C33H48O9/c1-6-23-19(4)17(2)13-20(36-23)7-9-24-18(3)14-22(37-24)11-12-33-16-26-29(41-33)30-31(40-26)32(42-33)28-25(39-30)10-8-21(38-28)15-27(34)35-5/h17,20-26,28-32H,3-4,6-16H2,1-2,5H3/t17-,20+,21-,22+,23-,24+,25+,26-,28+,29+,30+,31-,32+,33+/m1/s1. The highest BCUT2D eigenvalue weighted by Gasteiger charge is 2.68. The largest absolute Gasteiger partial charge is 0.469 e. The maximum Gasteiger partial charge on any atom is 0.308 e. The zero-order valence-corrected chi connectivity index (χ0v) is 25.4. The maximum atomic E-state index is 11.9. The molecule has 8 saturated heterocycles. The van der Waals surface area contributed by atoms with Gasteiger partial charge in [-0.2, -0.15) is 0 Å². The Morgan fingerprint density at radius 2 is 1.62 bits per heavy atom. The molecule has 6 bridgehead atoms. The Bertz CT molecular complexity index is 1060. The molecule has 8 aliphatic rings. The second-order valence-electron chi connectivity index (χ2n) is 13.7. The summed E-state index contributed by atoms with van der Waals surface area (Å²) in [7, 11) is 1.41. The monoisotopic (exact) mass is 588 g/mol. The average Bonchev–Trinajstić information content (AvgIpc) is 3.56. The number of carbonyl (C=O) groups is 1. The number of hydrogen-bond acceptors (Lipinski definition) is 9. The van der Waals surface area contributed by atoms with E-state index in [1.807, 2.05) is 0 Å². The van der Waals surface area contributed by atoms with Crippen LogP contribution in [0.2, 0.25) is 0 Å². The van der Waals surface area contributed by atoms with Gasteiger partial charge in [0.15, 0.2) is 5.79 Å². The minimum atomic E-state index is -0.743. The van der Waals surface area contributed by atoms with E-state index in [-0.39, 0.29) is 85.6 Å². The lowest BCUT2D eigenvalue weighted by atomic mass is 9.86. The molecule has 8 rings (SSSR count).